The molecule has 1 heterocycles. The summed E-state index contributed by atoms with van der Waals surface area (Å²) < 4.78 is 13.9. The molecule has 1 aromatic carbocycles. The van der Waals surface area contributed by atoms with Gasteiger partial charge in [0, 0.05) is 18.5 Å². The Hall–Kier alpha value is -1.39. The monoisotopic (exact) mass is 346 g/mol. The first-order valence-electron chi connectivity index (χ1n) is 9.61. The highest BCUT2D eigenvalue weighted by molar-refractivity contribution is 5.27. The van der Waals surface area contributed by atoms with Crippen LogP contribution in [0.1, 0.15) is 51.1 Å². The summed E-state index contributed by atoms with van der Waals surface area (Å²) in [6.45, 7) is 5.04. The number of nitrogens with zero attached hydrogens (tertiary/aromatic N) is 1. The van der Waals surface area contributed by atoms with Crippen molar-refractivity contribution in [3.63, 3.8) is 0 Å². The lowest BCUT2D eigenvalue weighted by Crippen LogP contribution is -2.44. The summed E-state index contributed by atoms with van der Waals surface area (Å²) in [4.78, 5) is 2.34. The van der Waals surface area contributed by atoms with Crippen molar-refractivity contribution in [1.29, 1.82) is 0 Å². The van der Waals surface area contributed by atoms with Crippen LogP contribution < -0.4 is 5.32 Å². The van der Waals surface area contributed by atoms with Crippen molar-refractivity contribution in [2.45, 2.75) is 57.7 Å². The number of halogens is 1. The molecule has 1 fully saturated rings. The van der Waals surface area contributed by atoms with Crippen molar-refractivity contribution in [3.8, 4) is 0 Å². The minimum atomic E-state index is -0.584. The lowest BCUT2D eigenvalue weighted by molar-refractivity contribution is 0.0382. The summed E-state index contributed by atoms with van der Waals surface area (Å²) in [5, 5.41) is 13.9. The molecule has 0 radical (unpaired) electrons. The zero-order chi connectivity index (χ0) is 18.0. The van der Waals surface area contributed by atoms with Crippen LogP contribution >= 0.6 is 0 Å². The summed E-state index contributed by atoms with van der Waals surface area (Å²) in [5.41, 5.74) is 2.34. The van der Waals surface area contributed by atoms with E-state index in [2.05, 4.69) is 30.3 Å². The highest BCUT2D eigenvalue weighted by Gasteiger charge is 2.42. The first-order chi connectivity index (χ1) is 12.0. The number of aliphatic hydroxyl groups is 1. The van der Waals surface area contributed by atoms with Crippen molar-refractivity contribution in [1.82, 2.24) is 10.2 Å². The van der Waals surface area contributed by atoms with E-state index in [1.165, 1.54) is 24.5 Å². The van der Waals surface area contributed by atoms with E-state index >= 15 is 0 Å². The fraction of sp³-hybridized carbons (Fsp3) is 0.619. The molecular weight excluding hydrogens is 315 g/mol. The fourth-order valence-corrected chi connectivity index (χ4v) is 4.75. The Kier molecular flexibility index (Phi) is 5.80. The topological polar surface area (TPSA) is 35.5 Å². The Morgan fingerprint density at radius 1 is 1.36 bits per heavy atom. The second-order valence-electron chi connectivity index (χ2n) is 7.72. The minimum Gasteiger partial charge on any atom is -0.389 e. The van der Waals surface area contributed by atoms with Crippen molar-refractivity contribution in [3.05, 3.63) is 47.4 Å². The molecule has 1 aliphatic carbocycles. The van der Waals surface area contributed by atoms with Crippen molar-refractivity contribution in [2.24, 2.45) is 11.8 Å². The van der Waals surface area contributed by atoms with E-state index in [-0.39, 0.29) is 11.9 Å². The van der Waals surface area contributed by atoms with Gasteiger partial charge < -0.3 is 15.3 Å². The van der Waals surface area contributed by atoms with Crippen LogP contribution in [0.4, 0.5) is 4.39 Å². The third-order valence-corrected chi connectivity index (χ3v) is 5.95. The Bertz CT molecular complexity index is 618. The summed E-state index contributed by atoms with van der Waals surface area (Å²) in [6.07, 6.45) is 6.31. The number of fused-ring (bicyclic) bond motifs is 1. The smallest absolute Gasteiger partial charge is 0.123 e. The molecule has 0 spiro atoms. The zero-order valence-electron chi connectivity index (χ0n) is 15.6. The maximum atomic E-state index is 13.9. The van der Waals surface area contributed by atoms with Gasteiger partial charge in [-0.15, -0.1) is 0 Å². The molecule has 0 bridgehead atoms. The summed E-state index contributed by atoms with van der Waals surface area (Å²) in [7, 11) is 1.84. The van der Waals surface area contributed by atoms with Gasteiger partial charge in [-0.25, -0.2) is 4.39 Å². The van der Waals surface area contributed by atoms with Crippen molar-refractivity contribution >= 4 is 0 Å². The summed E-state index contributed by atoms with van der Waals surface area (Å²) >= 11 is 0. The molecule has 2 unspecified atom stereocenters. The van der Waals surface area contributed by atoms with Gasteiger partial charge in [-0.1, -0.05) is 26.0 Å². The van der Waals surface area contributed by atoms with Crippen LogP contribution in [-0.2, 0) is 0 Å². The van der Waals surface area contributed by atoms with Crippen LogP contribution in [-0.4, -0.2) is 35.7 Å². The molecule has 5 atom stereocenters. The Morgan fingerprint density at radius 2 is 2.16 bits per heavy atom. The number of hydrogen-bond donors (Lipinski definition) is 2. The van der Waals surface area contributed by atoms with E-state index in [0.29, 0.717) is 18.5 Å². The number of nitrogens with one attached hydrogen (secondary N) is 1. The molecule has 4 heteroatoms. The predicted molar refractivity (Wildman–Crippen MR) is 99.6 cm³/mol. The second kappa shape index (κ2) is 7.88. The lowest BCUT2D eigenvalue weighted by Gasteiger charge is -2.42. The first-order valence-corrected chi connectivity index (χ1v) is 9.61. The molecule has 2 N–H and O–H groups in total. The molecule has 138 valence electrons. The van der Waals surface area contributed by atoms with E-state index in [9.17, 15) is 9.50 Å². The van der Waals surface area contributed by atoms with Gasteiger partial charge in [0.05, 0.1) is 12.1 Å². The van der Waals surface area contributed by atoms with Gasteiger partial charge in [-0.2, -0.15) is 0 Å². The quantitative estimate of drug-likeness (QED) is 0.821. The average molecular weight is 346 g/mol. The Morgan fingerprint density at radius 3 is 2.84 bits per heavy atom. The van der Waals surface area contributed by atoms with E-state index in [4.69, 9.17) is 0 Å². The molecule has 1 aliphatic heterocycles. The highest BCUT2D eigenvalue weighted by Crippen LogP contribution is 2.46. The van der Waals surface area contributed by atoms with Gasteiger partial charge in [0.2, 0.25) is 0 Å². The molecule has 1 saturated carbocycles. The standard InChI is InChI=1S/C21H31FN2O/c1-4-15-13-24(19-9-8-14(2)10-18(15)19)21(20(25)12-23-3)16-6-5-7-17(22)11-16/h5-7,11,13-14,18-21,23,25H,4,8-10,12H2,1-3H3/t14-,18?,19?,20-,21+/m1/s1. The van der Waals surface area contributed by atoms with E-state index in [1.54, 1.807) is 12.1 Å². The lowest BCUT2D eigenvalue weighted by atomic mass is 9.76. The first kappa shape index (κ1) is 18.4. The third-order valence-electron chi connectivity index (χ3n) is 5.95. The Labute approximate surface area is 150 Å². The van der Waals surface area contributed by atoms with Gasteiger partial charge in [-0.3, -0.25) is 0 Å². The SMILES string of the molecule is CCC1=CN([C@@H](c2cccc(F)c2)[C@H](O)CNC)C2CC[C@@H](C)CC12. The minimum absolute atomic E-state index is 0.215. The highest BCUT2D eigenvalue weighted by atomic mass is 19.1. The van der Waals surface area contributed by atoms with Gasteiger partial charge >= 0.3 is 0 Å². The van der Waals surface area contributed by atoms with Gasteiger partial charge in [-0.05, 0) is 68.1 Å². The molecule has 3 rings (SSSR count). The molecule has 25 heavy (non-hydrogen) atoms. The molecule has 0 saturated heterocycles. The third kappa shape index (κ3) is 3.75. The normalized spacial score (nSPS) is 28.4. The molecular formula is C21H31FN2O. The van der Waals surface area contributed by atoms with Gasteiger partial charge in [0.15, 0.2) is 0 Å². The Balaban J connectivity index is 1.96. The van der Waals surface area contributed by atoms with Crippen LogP contribution in [0.25, 0.3) is 0 Å². The number of rotatable bonds is 6. The van der Waals surface area contributed by atoms with Gasteiger partial charge in [0.25, 0.3) is 0 Å². The average Bonchev–Trinajstić information content (AvgIpc) is 2.93. The number of benzene rings is 1. The zero-order valence-corrected chi connectivity index (χ0v) is 15.6. The van der Waals surface area contributed by atoms with Crippen LogP contribution in [0.15, 0.2) is 36.0 Å². The number of likely N-dealkylation sites (N-methyl/N-ethyl adjacent to an activating group) is 1. The van der Waals surface area contributed by atoms with Crippen LogP contribution in [0, 0.1) is 17.7 Å². The fourth-order valence-electron chi connectivity index (χ4n) is 4.75. The molecule has 0 amide bonds. The van der Waals surface area contributed by atoms with E-state index < -0.39 is 6.10 Å². The predicted octanol–water partition coefficient (Wildman–Crippen LogP) is 3.86. The van der Waals surface area contributed by atoms with Crippen LogP contribution in [0.3, 0.4) is 0 Å². The second-order valence-corrected chi connectivity index (χ2v) is 7.72. The number of hydrogen-bond acceptors (Lipinski definition) is 3. The van der Waals surface area contributed by atoms with Crippen molar-refractivity contribution < 1.29 is 9.50 Å². The van der Waals surface area contributed by atoms with E-state index in [0.717, 1.165) is 24.3 Å². The molecule has 2 aliphatic rings. The van der Waals surface area contributed by atoms with Crippen LogP contribution in [0.2, 0.25) is 0 Å². The number of aliphatic hydroxyl groups excluding tert-OH is 1. The van der Waals surface area contributed by atoms with Gasteiger partial charge in [0.1, 0.15) is 5.82 Å². The van der Waals surface area contributed by atoms with Crippen LogP contribution in [0.5, 0.6) is 0 Å². The molecule has 0 aromatic heterocycles. The molecule has 1 aromatic rings. The largest absolute Gasteiger partial charge is 0.389 e. The summed E-state index contributed by atoms with van der Waals surface area (Å²) in [6, 6.07) is 6.92. The maximum absolute atomic E-state index is 13.9. The van der Waals surface area contributed by atoms with E-state index in [1.807, 2.05) is 13.1 Å². The van der Waals surface area contributed by atoms with Crippen molar-refractivity contribution in [2.75, 3.05) is 13.6 Å². The molecule has 3 nitrogen and oxygen atoms in total. The summed E-state index contributed by atoms with van der Waals surface area (Å²) in [5.74, 6) is 1.09. The maximum Gasteiger partial charge on any atom is 0.123 e.